The maximum Gasteiger partial charge on any atom is 0.287 e. The third kappa shape index (κ3) is 9.08. The van der Waals surface area contributed by atoms with Crippen molar-refractivity contribution in [1.29, 1.82) is 0 Å². The molecule has 0 aliphatic rings. The predicted octanol–water partition coefficient (Wildman–Crippen LogP) is 4.54. The molecule has 2 aromatic heterocycles. The van der Waals surface area contributed by atoms with Crippen LogP contribution in [-0.4, -0.2) is 60.0 Å². The zero-order valence-electron chi connectivity index (χ0n) is 27.7. The van der Waals surface area contributed by atoms with E-state index in [4.69, 9.17) is 8.83 Å². The molecule has 6 aromatic rings. The van der Waals surface area contributed by atoms with Crippen LogP contribution in [0.3, 0.4) is 0 Å². The molecule has 0 aliphatic heterocycles. The molecule has 260 valence electrons. The number of rotatable bonds is 15. The Hall–Kier alpha value is -6.20. The van der Waals surface area contributed by atoms with Crippen LogP contribution in [0.4, 0.5) is 0 Å². The van der Waals surface area contributed by atoms with E-state index in [0.29, 0.717) is 11.2 Å². The minimum absolute atomic E-state index is 0.0703. The van der Waals surface area contributed by atoms with Gasteiger partial charge >= 0.3 is 0 Å². The van der Waals surface area contributed by atoms with Crippen LogP contribution in [-0.2, 0) is 22.4 Å². The number of amides is 4. The van der Waals surface area contributed by atoms with Crippen LogP contribution in [0, 0.1) is 0 Å². The number of furan rings is 2. The first kappa shape index (κ1) is 34.7. The van der Waals surface area contributed by atoms with Gasteiger partial charge in [0.05, 0.1) is 12.6 Å². The standard InChI is InChI=1S/C40H38N4O7/c45-25-30(42-38(47)32(22-27-13-5-2-6-14-27)44-40(49)36-24-29-16-8-10-18-34(29)51-36)19-20-41-37(46)31(21-26-11-3-1-4-12-26)43-39(48)35-23-28-15-7-9-17-33(28)50-35/h1-18,23-24,30-32,45H,19-22,25H2,(H,41,46)(H,42,47)(H,43,48)(H,44,49)/t30-,31-,32-/m0/s1. The van der Waals surface area contributed by atoms with Gasteiger partial charge in [0.1, 0.15) is 23.2 Å². The largest absolute Gasteiger partial charge is 0.451 e. The lowest BCUT2D eigenvalue weighted by Crippen LogP contribution is -2.52. The second kappa shape index (κ2) is 16.5. The quantitative estimate of drug-likeness (QED) is 0.106. The summed E-state index contributed by atoms with van der Waals surface area (Å²) in [7, 11) is 0. The highest BCUT2D eigenvalue weighted by Gasteiger charge is 2.27. The van der Waals surface area contributed by atoms with Gasteiger partial charge in [-0.05, 0) is 41.8 Å². The van der Waals surface area contributed by atoms with Crippen molar-refractivity contribution < 1.29 is 33.1 Å². The van der Waals surface area contributed by atoms with Crippen molar-refractivity contribution >= 4 is 45.6 Å². The molecule has 11 heteroatoms. The Morgan fingerprint density at radius 1 is 0.569 bits per heavy atom. The zero-order chi connectivity index (χ0) is 35.6. The number of carbonyl (C=O) groups is 4. The zero-order valence-corrected chi connectivity index (χ0v) is 27.7. The highest BCUT2D eigenvalue weighted by molar-refractivity contribution is 5.99. The monoisotopic (exact) mass is 686 g/mol. The lowest BCUT2D eigenvalue weighted by Gasteiger charge is -2.23. The van der Waals surface area contributed by atoms with Gasteiger partial charge in [0, 0.05) is 30.2 Å². The Bertz CT molecular complexity index is 2040. The van der Waals surface area contributed by atoms with Crippen molar-refractivity contribution in [2.75, 3.05) is 13.2 Å². The summed E-state index contributed by atoms with van der Waals surface area (Å²) in [5.41, 5.74) is 2.78. The average Bonchev–Trinajstić information content (AvgIpc) is 3.80. The number of nitrogens with one attached hydrogen (secondary N) is 4. The number of hydrogen-bond donors (Lipinski definition) is 5. The van der Waals surface area contributed by atoms with Crippen LogP contribution >= 0.6 is 0 Å². The van der Waals surface area contributed by atoms with Crippen molar-refractivity contribution in [2.24, 2.45) is 0 Å². The molecular weight excluding hydrogens is 648 g/mol. The number of aliphatic hydroxyl groups excluding tert-OH is 1. The van der Waals surface area contributed by atoms with Crippen molar-refractivity contribution in [3.63, 3.8) is 0 Å². The number of para-hydroxylation sites is 2. The van der Waals surface area contributed by atoms with Gasteiger partial charge in [0.2, 0.25) is 11.8 Å². The first-order chi connectivity index (χ1) is 24.9. The van der Waals surface area contributed by atoms with Crippen molar-refractivity contribution in [1.82, 2.24) is 21.3 Å². The van der Waals surface area contributed by atoms with Crippen molar-refractivity contribution in [3.05, 3.63) is 144 Å². The number of benzene rings is 4. The van der Waals surface area contributed by atoms with Crippen LogP contribution in [0.1, 0.15) is 38.7 Å². The van der Waals surface area contributed by atoms with E-state index in [-0.39, 0.29) is 37.3 Å². The molecule has 4 aromatic carbocycles. The minimum atomic E-state index is -0.986. The SMILES string of the molecule is O=C(N[C@@H](Cc1ccccc1)C(=O)NCC[C@@H](CO)NC(=O)[C@H](Cc1ccccc1)NC(=O)c1cc2ccccc2o1)c1cc2ccccc2o1. The molecule has 2 heterocycles. The molecule has 0 saturated carbocycles. The third-order valence-corrected chi connectivity index (χ3v) is 8.47. The van der Waals surface area contributed by atoms with Crippen LogP contribution in [0.25, 0.3) is 21.9 Å². The number of fused-ring (bicyclic) bond motifs is 2. The van der Waals surface area contributed by atoms with E-state index in [0.717, 1.165) is 21.9 Å². The fraction of sp³-hybridized carbons (Fsp3) is 0.200. The second-order valence-corrected chi connectivity index (χ2v) is 12.2. The minimum Gasteiger partial charge on any atom is -0.451 e. The number of aliphatic hydroxyl groups is 1. The van der Waals surface area contributed by atoms with E-state index >= 15 is 0 Å². The maximum absolute atomic E-state index is 13.6. The summed E-state index contributed by atoms with van der Waals surface area (Å²) in [6, 6.07) is 33.6. The molecule has 0 fully saturated rings. The van der Waals surface area contributed by atoms with E-state index in [1.807, 2.05) is 91.0 Å². The van der Waals surface area contributed by atoms with Gasteiger partial charge in [-0.1, -0.05) is 97.1 Å². The fourth-order valence-electron chi connectivity index (χ4n) is 5.77. The fourth-order valence-corrected chi connectivity index (χ4v) is 5.77. The van der Waals surface area contributed by atoms with Gasteiger partial charge in [-0.15, -0.1) is 0 Å². The Balaban J connectivity index is 1.08. The summed E-state index contributed by atoms with van der Waals surface area (Å²) in [6.45, 7) is -0.321. The molecule has 5 N–H and O–H groups in total. The van der Waals surface area contributed by atoms with Crippen LogP contribution < -0.4 is 21.3 Å². The van der Waals surface area contributed by atoms with Crippen molar-refractivity contribution in [3.8, 4) is 0 Å². The lowest BCUT2D eigenvalue weighted by molar-refractivity contribution is -0.124. The normalized spacial score (nSPS) is 12.9. The Kier molecular flexibility index (Phi) is 11.2. The highest BCUT2D eigenvalue weighted by Crippen LogP contribution is 2.20. The smallest absolute Gasteiger partial charge is 0.287 e. The van der Waals surface area contributed by atoms with Gasteiger partial charge in [-0.3, -0.25) is 19.2 Å². The Morgan fingerprint density at radius 3 is 1.49 bits per heavy atom. The summed E-state index contributed by atoms with van der Waals surface area (Å²) in [4.78, 5) is 53.4. The lowest BCUT2D eigenvalue weighted by atomic mass is 10.0. The van der Waals surface area contributed by atoms with E-state index < -0.39 is 48.4 Å². The second-order valence-electron chi connectivity index (χ2n) is 12.2. The Labute approximate surface area is 294 Å². The topological polar surface area (TPSA) is 163 Å². The number of carbonyl (C=O) groups excluding carboxylic acids is 4. The highest BCUT2D eigenvalue weighted by atomic mass is 16.4. The van der Waals surface area contributed by atoms with E-state index in [1.165, 1.54) is 0 Å². The molecule has 0 unspecified atom stereocenters. The summed E-state index contributed by atoms with van der Waals surface area (Å²) in [6.07, 6.45) is 0.601. The van der Waals surface area contributed by atoms with Gasteiger partial charge in [-0.2, -0.15) is 0 Å². The van der Waals surface area contributed by atoms with Gasteiger partial charge in [0.15, 0.2) is 11.5 Å². The predicted molar refractivity (Wildman–Crippen MR) is 192 cm³/mol. The maximum atomic E-state index is 13.6. The molecule has 6 rings (SSSR count). The van der Waals surface area contributed by atoms with E-state index in [9.17, 15) is 24.3 Å². The molecule has 0 spiro atoms. The van der Waals surface area contributed by atoms with Gasteiger partial charge in [-0.25, -0.2) is 0 Å². The van der Waals surface area contributed by atoms with Crippen LogP contribution in [0.5, 0.6) is 0 Å². The summed E-state index contributed by atoms with van der Waals surface area (Å²) in [5.74, 6) is -1.87. The molecule has 0 bridgehead atoms. The first-order valence-corrected chi connectivity index (χ1v) is 16.7. The molecule has 51 heavy (non-hydrogen) atoms. The molecule has 0 aliphatic carbocycles. The molecule has 3 atom stereocenters. The van der Waals surface area contributed by atoms with Gasteiger partial charge < -0.3 is 35.2 Å². The summed E-state index contributed by atoms with van der Waals surface area (Å²) >= 11 is 0. The Morgan fingerprint density at radius 2 is 1.02 bits per heavy atom. The summed E-state index contributed by atoms with van der Waals surface area (Å²) < 4.78 is 11.4. The third-order valence-electron chi connectivity index (χ3n) is 8.47. The van der Waals surface area contributed by atoms with Gasteiger partial charge in [0.25, 0.3) is 11.8 Å². The van der Waals surface area contributed by atoms with Crippen LogP contribution in [0.15, 0.2) is 130 Å². The van der Waals surface area contributed by atoms with Crippen LogP contribution in [0.2, 0.25) is 0 Å². The first-order valence-electron chi connectivity index (χ1n) is 16.7. The average molecular weight is 687 g/mol. The van der Waals surface area contributed by atoms with E-state index in [2.05, 4.69) is 21.3 Å². The molecule has 0 radical (unpaired) electrons. The van der Waals surface area contributed by atoms with Crippen molar-refractivity contribution in [2.45, 2.75) is 37.4 Å². The molecule has 11 nitrogen and oxygen atoms in total. The van der Waals surface area contributed by atoms with E-state index in [1.54, 1.807) is 30.3 Å². The molecular formula is C40H38N4O7. The summed E-state index contributed by atoms with van der Waals surface area (Å²) in [5, 5.41) is 22.9. The molecule has 0 saturated heterocycles. The number of hydrogen-bond acceptors (Lipinski definition) is 7. The molecule has 4 amide bonds.